The van der Waals surface area contributed by atoms with E-state index in [0.29, 0.717) is 0 Å². The lowest BCUT2D eigenvalue weighted by Crippen LogP contribution is -1.92. The maximum Gasteiger partial charge on any atom is 0.136 e. The van der Waals surface area contributed by atoms with E-state index in [-0.39, 0.29) is 43.4 Å². The Morgan fingerprint density at radius 2 is 0.833 bits per heavy atom. The highest BCUT2D eigenvalue weighted by Gasteiger charge is 2.21. The SMILES string of the molecule is [2H]c1c([2H])c([2H])c2c(oc3c([2H])c([2H])c4oc5c([2H])c(-c6c([2H])c([2H])c(-c7c8c([2H])c([2H])c([2H])c([2H])c8c(-c8ccc(-c9ccc%10ccccc%10c9)cc8)c8c([2H])c([2H])c([2H])c([2H])c78)c7c([2H])c([2H])c([2H])c([2H])c67)c([2H])c([2H])c5c4c32)c1[2H]. The minimum Gasteiger partial charge on any atom is -0.456 e. The summed E-state index contributed by atoms with van der Waals surface area (Å²) < 4.78 is 225. The zero-order valence-corrected chi connectivity index (χ0v) is 30.7. The van der Waals surface area contributed by atoms with Crippen LogP contribution in [0.5, 0.6) is 0 Å². The maximum atomic E-state index is 10.0. The van der Waals surface area contributed by atoms with Crippen LogP contribution in [0.2, 0.25) is 0 Å². The van der Waals surface area contributed by atoms with Gasteiger partial charge in [-0.3, -0.25) is 0 Å². The Morgan fingerprint density at radius 1 is 0.317 bits per heavy atom. The molecule has 13 aromatic rings. The highest BCUT2D eigenvalue weighted by molar-refractivity contribution is 6.27. The molecular weight excluding hydrogens is 729 g/mol. The highest BCUT2D eigenvalue weighted by Crippen LogP contribution is 2.47. The van der Waals surface area contributed by atoms with Crippen molar-refractivity contribution >= 4 is 87.0 Å². The normalized spacial score (nSPS) is 17.4. The number of hydrogen-bond donors (Lipinski definition) is 0. The molecule has 0 N–H and O–H groups in total. The van der Waals surface area contributed by atoms with Crippen molar-refractivity contribution in [2.45, 2.75) is 0 Å². The van der Waals surface area contributed by atoms with Crippen LogP contribution in [0.25, 0.3) is 131 Å². The van der Waals surface area contributed by atoms with E-state index in [1.165, 1.54) is 0 Å². The fraction of sp³-hybridized carbons (Fsp3) is 0. The van der Waals surface area contributed by atoms with Crippen LogP contribution >= 0.6 is 0 Å². The molecule has 0 unspecified atom stereocenters. The van der Waals surface area contributed by atoms with Crippen LogP contribution in [0.15, 0.2) is 215 Å². The Kier molecular flexibility index (Phi) is 3.81. The van der Waals surface area contributed by atoms with E-state index in [9.17, 15) is 15.1 Å². The Labute approximate surface area is 377 Å². The lowest BCUT2D eigenvalue weighted by atomic mass is 9.83. The van der Waals surface area contributed by atoms with Gasteiger partial charge in [0.1, 0.15) is 22.3 Å². The van der Waals surface area contributed by atoms with Gasteiger partial charge in [-0.2, -0.15) is 0 Å². The molecule has 60 heavy (non-hydrogen) atoms. The molecule has 0 amide bonds. The first kappa shape index (κ1) is 17.9. The van der Waals surface area contributed by atoms with Crippen molar-refractivity contribution < 1.29 is 40.4 Å². The highest BCUT2D eigenvalue weighted by atomic mass is 16.3. The molecule has 0 aliphatic carbocycles. The molecule has 0 saturated carbocycles. The lowest BCUT2D eigenvalue weighted by Gasteiger charge is -2.20. The van der Waals surface area contributed by atoms with Gasteiger partial charge in [0.2, 0.25) is 0 Å². The van der Waals surface area contributed by atoms with Gasteiger partial charge < -0.3 is 8.83 Å². The van der Waals surface area contributed by atoms with Gasteiger partial charge in [0, 0.05) is 21.5 Å². The van der Waals surface area contributed by atoms with Crippen molar-refractivity contribution in [3.63, 3.8) is 0 Å². The quantitative estimate of drug-likeness (QED) is 0.166. The van der Waals surface area contributed by atoms with Gasteiger partial charge in [0.15, 0.2) is 0 Å². The molecule has 0 atom stereocenters. The van der Waals surface area contributed by atoms with E-state index < -0.39 is 205 Å². The van der Waals surface area contributed by atoms with E-state index in [4.69, 9.17) is 25.3 Å². The molecule has 0 radical (unpaired) electrons. The third kappa shape index (κ3) is 4.88. The summed E-state index contributed by atoms with van der Waals surface area (Å²) >= 11 is 0. The molecule has 0 spiro atoms. The van der Waals surface area contributed by atoms with Gasteiger partial charge in [-0.15, -0.1) is 0 Å². The average molecular weight is 786 g/mol. The number of hydrogen-bond acceptors (Lipinski definition) is 2. The molecule has 11 aromatic carbocycles. The van der Waals surface area contributed by atoms with Gasteiger partial charge in [-0.25, -0.2) is 0 Å². The first-order valence-electron chi connectivity index (χ1n) is 30.2. The van der Waals surface area contributed by atoms with Gasteiger partial charge in [-0.1, -0.05) is 169 Å². The average Bonchev–Trinajstić information content (AvgIpc) is 2.15. The summed E-state index contributed by atoms with van der Waals surface area (Å²) in [6.45, 7) is 0. The Bertz CT molecular complexity index is 5160. The van der Waals surface area contributed by atoms with Crippen LogP contribution in [-0.2, 0) is 0 Å². The number of fused-ring (bicyclic) bond motifs is 11. The molecule has 0 aliphatic rings. The summed E-state index contributed by atoms with van der Waals surface area (Å²) in [5.41, 5.74) is -2.66. The molecule has 0 fully saturated rings. The Balaban J connectivity index is 1.18. The molecular formula is C58H34O2. The summed E-state index contributed by atoms with van der Waals surface area (Å²) in [5, 5.41) is -1.86. The number of benzene rings is 11. The molecule has 2 nitrogen and oxygen atoms in total. The van der Waals surface area contributed by atoms with Gasteiger partial charge in [-0.05, 0) is 124 Å². The first-order valence-corrected chi connectivity index (χ1v) is 18.7. The van der Waals surface area contributed by atoms with E-state index >= 15 is 0 Å². The molecule has 2 heterocycles. The van der Waals surface area contributed by atoms with E-state index in [1.54, 1.807) is 24.3 Å². The summed E-state index contributed by atoms with van der Waals surface area (Å²) in [6, 6.07) is 2.34. The topological polar surface area (TPSA) is 26.3 Å². The van der Waals surface area contributed by atoms with Crippen molar-refractivity contribution in [1.29, 1.82) is 0 Å². The van der Waals surface area contributed by atoms with Crippen molar-refractivity contribution in [3.05, 3.63) is 206 Å². The minimum atomic E-state index is -0.973. The number of para-hydroxylation sites is 1. The minimum absolute atomic E-state index is 0.0718. The second-order valence-corrected chi connectivity index (χ2v) is 14.2. The molecule has 0 bridgehead atoms. The third-order valence-corrected chi connectivity index (χ3v) is 11.0. The molecule has 2 aromatic heterocycles. The zero-order valence-electron chi connectivity index (χ0n) is 53.7. The van der Waals surface area contributed by atoms with Crippen LogP contribution in [-0.4, -0.2) is 0 Å². The van der Waals surface area contributed by atoms with Crippen LogP contribution in [0.1, 0.15) is 31.5 Å². The van der Waals surface area contributed by atoms with Gasteiger partial charge in [0.25, 0.3) is 0 Å². The largest absolute Gasteiger partial charge is 0.456 e. The Morgan fingerprint density at radius 3 is 1.53 bits per heavy atom. The van der Waals surface area contributed by atoms with Crippen LogP contribution < -0.4 is 0 Å². The zero-order chi connectivity index (χ0) is 59.3. The van der Waals surface area contributed by atoms with Crippen molar-refractivity contribution in [2.75, 3.05) is 0 Å². The number of rotatable bonds is 4. The van der Waals surface area contributed by atoms with Crippen LogP contribution in [0, 0.1) is 0 Å². The third-order valence-electron chi connectivity index (χ3n) is 11.0. The smallest absolute Gasteiger partial charge is 0.136 e. The summed E-state index contributed by atoms with van der Waals surface area (Å²) in [7, 11) is 0. The number of furan rings is 2. The summed E-state index contributed by atoms with van der Waals surface area (Å²) in [4.78, 5) is 0. The molecule has 0 saturated heterocycles. The van der Waals surface area contributed by atoms with Gasteiger partial charge >= 0.3 is 0 Å². The maximum absolute atomic E-state index is 10.0. The van der Waals surface area contributed by atoms with Crippen LogP contribution in [0.4, 0.5) is 0 Å². The van der Waals surface area contributed by atoms with E-state index in [0.717, 1.165) is 21.9 Å². The first-order chi connectivity index (χ1) is 39.3. The standard InChI is InChI=1S/C58H34O2/c1-2-12-38-33-39(26-23-35(38)11-1)36-21-24-37(25-22-36)55-44-15-5-7-17-46(44)56(47-18-8-6-16-45(47)55)48-30-29-41(42-13-3-4-14-43(42)48)40-27-28-50-54(34-40)60-53-32-31-52-57(58(50)53)49-19-9-10-20-51(49)59-52/h1-34H/i3D,4D,5D,6D,7D,8D,9D,10D,13D,14D,15D,16D,17D,18D,19D,20D,27D,28D,29D,30D,31D,32D,34D. The van der Waals surface area contributed by atoms with Crippen molar-refractivity contribution in [1.82, 2.24) is 0 Å². The summed E-state index contributed by atoms with van der Waals surface area (Å²) in [5.74, 6) is 0. The predicted molar refractivity (Wildman–Crippen MR) is 253 cm³/mol. The molecule has 278 valence electrons. The van der Waals surface area contributed by atoms with E-state index in [2.05, 4.69) is 0 Å². The second-order valence-electron chi connectivity index (χ2n) is 14.2. The fourth-order valence-electron chi connectivity index (χ4n) is 8.29. The van der Waals surface area contributed by atoms with Crippen LogP contribution in [0.3, 0.4) is 0 Å². The molecule has 2 heteroatoms. The predicted octanol–water partition coefficient (Wildman–Crippen LogP) is 16.8. The Hall–Kier alpha value is -7.94. The monoisotopic (exact) mass is 785 g/mol. The fourth-order valence-corrected chi connectivity index (χ4v) is 8.29. The lowest BCUT2D eigenvalue weighted by molar-refractivity contribution is 0.663. The molecule has 13 rings (SSSR count). The van der Waals surface area contributed by atoms with Crippen molar-refractivity contribution in [2.24, 2.45) is 0 Å². The second kappa shape index (κ2) is 12.8. The molecule has 0 aliphatic heterocycles. The summed E-state index contributed by atoms with van der Waals surface area (Å²) in [6.07, 6.45) is 0. The van der Waals surface area contributed by atoms with Crippen molar-refractivity contribution in [3.8, 4) is 44.5 Å². The van der Waals surface area contributed by atoms with Gasteiger partial charge in [0.05, 0.1) is 31.5 Å². The van der Waals surface area contributed by atoms with E-state index in [1.807, 2.05) is 42.5 Å².